The normalized spacial score (nSPS) is 10.9. The Kier molecular flexibility index (Phi) is 4.14. The zero-order chi connectivity index (χ0) is 14.7. The fourth-order valence-corrected chi connectivity index (χ4v) is 2.31. The summed E-state index contributed by atoms with van der Waals surface area (Å²) in [5.41, 5.74) is 7.97. The Hall–Kier alpha value is -2.22. The molecule has 0 fully saturated rings. The standard InChI is InChI=1S/C15H21N5/c1-5-7-19-10-17-9-12(19)13-14(16)20(8-6-2)15(18-13)11(3)4/h2,9-11H,5,7-8,16H2,1,3-4H3. The minimum Gasteiger partial charge on any atom is -0.383 e. The van der Waals surface area contributed by atoms with Crippen molar-refractivity contribution in [1.82, 2.24) is 19.1 Å². The Morgan fingerprint density at radius 3 is 2.80 bits per heavy atom. The molecule has 0 saturated carbocycles. The highest BCUT2D eigenvalue weighted by molar-refractivity contribution is 5.68. The van der Waals surface area contributed by atoms with E-state index >= 15 is 0 Å². The molecule has 106 valence electrons. The molecule has 0 saturated heterocycles. The van der Waals surface area contributed by atoms with Crippen LogP contribution < -0.4 is 5.73 Å². The Morgan fingerprint density at radius 1 is 1.45 bits per heavy atom. The highest BCUT2D eigenvalue weighted by Crippen LogP contribution is 2.29. The summed E-state index contributed by atoms with van der Waals surface area (Å²) >= 11 is 0. The van der Waals surface area contributed by atoms with Gasteiger partial charge in [-0.2, -0.15) is 0 Å². The van der Waals surface area contributed by atoms with E-state index in [1.165, 1.54) is 0 Å². The van der Waals surface area contributed by atoms with Crippen molar-refractivity contribution in [2.24, 2.45) is 0 Å². The fraction of sp³-hybridized carbons (Fsp3) is 0.467. The quantitative estimate of drug-likeness (QED) is 0.850. The van der Waals surface area contributed by atoms with Crippen molar-refractivity contribution in [2.75, 3.05) is 5.73 Å². The Morgan fingerprint density at radius 2 is 2.20 bits per heavy atom. The van der Waals surface area contributed by atoms with Crippen LogP contribution in [-0.4, -0.2) is 19.1 Å². The van der Waals surface area contributed by atoms with Crippen molar-refractivity contribution in [1.29, 1.82) is 0 Å². The average Bonchev–Trinajstić information content (AvgIpc) is 2.97. The van der Waals surface area contributed by atoms with Crippen LogP contribution in [0, 0.1) is 12.3 Å². The van der Waals surface area contributed by atoms with Crippen LogP contribution in [-0.2, 0) is 13.1 Å². The largest absolute Gasteiger partial charge is 0.383 e. The number of rotatable bonds is 5. The first-order valence-electron chi connectivity index (χ1n) is 6.90. The zero-order valence-corrected chi connectivity index (χ0v) is 12.3. The summed E-state index contributed by atoms with van der Waals surface area (Å²) in [4.78, 5) is 8.90. The second-order valence-electron chi connectivity index (χ2n) is 5.12. The van der Waals surface area contributed by atoms with Crippen LogP contribution in [0.1, 0.15) is 38.9 Å². The van der Waals surface area contributed by atoms with Gasteiger partial charge in [0.05, 0.1) is 24.8 Å². The van der Waals surface area contributed by atoms with E-state index in [1.54, 1.807) is 6.20 Å². The third-order valence-electron chi connectivity index (χ3n) is 3.22. The number of aryl methyl sites for hydroxylation is 1. The van der Waals surface area contributed by atoms with E-state index in [-0.39, 0.29) is 5.92 Å². The van der Waals surface area contributed by atoms with Gasteiger partial charge in [-0.1, -0.05) is 26.7 Å². The fourth-order valence-electron chi connectivity index (χ4n) is 2.31. The Labute approximate surface area is 119 Å². The molecule has 5 heteroatoms. The molecule has 2 rings (SSSR count). The Bertz CT molecular complexity index is 627. The van der Waals surface area contributed by atoms with Crippen LogP contribution in [0.3, 0.4) is 0 Å². The SMILES string of the molecule is C#CCn1c(C(C)C)nc(-c2cncn2CCC)c1N. The molecule has 0 amide bonds. The van der Waals surface area contributed by atoms with Crippen molar-refractivity contribution in [3.05, 3.63) is 18.3 Å². The molecule has 0 aliphatic heterocycles. The van der Waals surface area contributed by atoms with Gasteiger partial charge in [-0.15, -0.1) is 6.42 Å². The van der Waals surface area contributed by atoms with Gasteiger partial charge in [-0.05, 0) is 6.42 Å². The van der Waals surface area contributed by atoms with E-state index in [9.17, 15) is 0 Å². The van der Waals surface area contributed by atoms with Gasteiger partial charge in [0, 0.05) is 12.5 Å². The second kappa shape index (κ2) is 5.83. The molecule has 0 spiro atoms. The molecule has 0 bridgehead atoms. The summed E-state index contributed by atoms with van der Waals surface area (Å²) in [7, 11) is 0. The Balaban J connectivity index is 2.55. The lowest BCUT2D eigenvalue weighted by Crippen LogP contribution is -2.07. The monoisotopic (exact) mass is 271 g/mol. The van der Waals surface area contributed by atoms with Crippen molar-refractivity contribution >= 4 is 5.82 Å². The van der Waals surface area contributed by atoms with E-state index in [2.05, 4.69) is 36.2 Å². The van der Waals surface area contributed by atoms with Crippen molar-refractivity contribution in [2.45, 2.75) is 46.2 Å². The van der Waals surface area contributed by atoms with Crippen molar-refractivity contribution in [3.8, 4) is 23.7 Å². The van der Waals surface area contributed by atoms with Crippen LogP contribution in [0.15, 0.2) is 12.5 Å². The minimum atomic E-state index is 0.266. The van der Waals surface area contributed by atoms with Crippen LogP contribution in [0.2, 0.25) is 0 Å². The van der Waals surface area contributed by atoms with Crippen molar-refractivity contribution in [3.63, 3.8) is 0 Å². The molecule has 0 aromatic carbocycles. The highest BCUT2D eigenvalue weighted by atomic mass is 15.2. The number of nitrogens with two attached hydrogens (primary N) is 1. The molecule has 0 radical (unpaired) electrons. The molecule has 2 aromatic rings. The summed E-state index contributed by atoms with van der Waals surface area (Å²) in [6.45, 7) is 7.63. The predicted octanol–water partition coefficient (Wildman–Crippen LogP) is 2.50. The molecular weight excluding hydrogens is 250 g/mol. The minimum absolute atomic E-state index is 0.266. The number of nitrogens with zero attached hydrogens (tertiary/aromatic N) is 4. The number of nitrogen functional groups attached to an aromatic ring is 1. The van der Waals surface area contributed by atoms with E-state index < -0.39 is 0 Å². The lowest BCUT2D eigenvalue weighted by Gasteiger charge is -2.08. The lowest BCUT2D eigenvalue weighted by molar-refractivity contribution is 0.682. The molecule has 2 aromatic heterocycles. The third kappa shape index (κ3) is 2.42. The summed E-state index contributed by atoms with van der Waals surface area (Å²) in [6.07, 6.45) is 10.1. The van der Waals surface area contributed by atoms with Crippen LogP contribution in [0.25, 0.3) is 11.4 Å². The predicted molar refractivity (Wildman–Crippen MR) is 81.1 cm³/mol. The number of imidazole rings is 2. The third-order valence-corrected chi connectivity index (χ3v) is 3.22. The molecule has 2 heterocycles. The molecule has 20 heavy (non-hydrogen) atoms. The first-order valence-corrected chi connectivity index (χ1v) is 6.90. The maximum Gasteiger partial charge on any atom is 0.134 e. The highest BCUT2D eigenvalue weighted by Gasteiger charge is 2.19. The van der Waals surface area contributed by atoms with Gasteiger partial charge in [0.15, 0.2) is 0 Å². The number of hydrogen-bond acceptors (Lipinski definition) is 3. The van der Waals surface area contributed by atoms with E-state index in [0.717, 1.165) is 30.2 Å². The maximum absolute atomic E-state index is 6.25. The molecule has 0 aliphatic rings. The molecule has 0 atom stereocenters. The number of anilines is 1. The first kappa shape index (κ1) is 14.2. The summed E-state index contributed by atoms with van der Waals surface area (Å²) in [6, 6.07) is 0. The molecular formula is C15H21N5. The van der Waals surface area contributed by atoms with Gasteiger partial charge >= 0.3 is 0 Å². The summed E-state index contributed by atoms with van der Waals surface area (Å²) in [5, 5.41) is 0. The maximum atomic E-state index is 6.25. The van der Waals surface area contributed by atoms with Gasteiger partial charge in [0.2, 0.25) is 0 Å². The first-order chi connectivity index (χ1) is 9.60. The van der Waals surface area contributed by atoms with Gasteiger partial charge in [-0.25, -0.2) is 9.97 Å². The lowest BCUT2D eigenvalue weighted by atomic mass is 10.2. The van der Waals surface area contributed by atoms with Crippen LogP contribution in [0.4, 0.5) is 5.82 Å². The van der Waals surface area contributed by atoms with Crippen LogP contribution in [0.5, 0.6) is 0 Å². The molecule has 5 nitrogen and oxygen atoms in total. The van der Waals surface area contributed by atoms with E-state index in [1.807, 2.05) is 10.9 Å². The second-order valence-corrected chi connectivity index (χ2v) is 5.12. The van der Waals surface area contributed by atoms with Crippen molar-refractivity contribution < 1.29 is 0 Å². The molecule has 0 unspecified atom stereocenters. The van der Waals surface area contributed by atoms with Gasteiger partial charge < -0.3 is 14.9 Å². The summed E-state index contributed by atoms with van der Waals surface area (Å²) in [5.74, 6) is 4.44. The number of terminal acetylenes is 1. The topological polar surface area (TPSA) is 61.7 Å². The zero-order valence-electron chi connectivity index (χ0n) is 12.3. The number of aromatic nitrogens is 4. The van der Waals surface area contributed by atoms with E-state index in [0.29, 0.717) is 12.4 Å². The molecule has 0 aliphatic carbocycles. The average molecular weight is 271 g/mol. The number of hydrogen-bond donors (Lipinski definition) is 1. The van der Waals surface area contributed by atoms with Gasteiger partial charge in [0.25, 0.3) is 0 Å². The van der Waals surface area contributed by atoms with Gasteiger partial charge in [-0.3, -0.25) is 0 Å². The van der Waals surface area contributed by atoms with E-state index in [4.69, 9.17) is 17.1 Å². The van der Waals surface area contributed by atoms with Gasteiger partial charge in [0.1, 0.15) is 17.3 Å². The smallest absolute Gasteiger partial charge is 0.134 e. The summed E-state index contributed by atoms with van der Waals surface area (Å²) < 4.78 is 3.98. The molecule has 2 N–H and O–H groups in total. The van der Waals surface area contributed by atoms with Crippen LogP contribution >= 0.6 is 0 Å².